The average molecular weight is 266 g/mol. The molecule has 0 saturated carbocycles. The second-order valence-corrected chi connectivity index (χ2v) is 4.41. The number of aryl methyl sites for hydroxylation is 1. The summed E-state index contributed by atoms with van der Waals surface area (Å²) >= 11 is 5.89. The summed E-state index contributed by atoms with van der Waals surface area (Å²) < 4.78 is 7.02. The first-order chi connectivity index (χ1) is 8.70. The number of imidazole rings is 1. The van der Waals surface area contributed by atoms with Crippen LogP contribution in [0, 0.1) is 6.92 Å². The van der Waals surface area contributed by atoms with Crippen molar-refractivity contribution < 1.29 is 4.74 Å². The number of anilines is 1. The van der Waals surface area contributed by atoms with Gasteiger partial charge in [-0.1, -0.05) is 11.6 Å². The molecule has 0 aliphatic heterocycles. The summed E-state index contributed by atoms with van der Waals surface area (Å²) in [6.45, 7) is 3.33. The van der Waals surface area contributed by atoms with Crippen LogP contribution >= 0.6 is 11.6 Å². The van der Waals surface area contributed by atoms with Crippen molar-refractivity contribution in [1.29, 1.82) is 0 Å². The van der Waals surface area contributed by atoms with Gasteiger partial charge in [0.25, 0.3) is 0 Å². The lowest BCUT2D eigenvalue weighted by molar-refractivity contribution is 0.210. The topological polar surface area (TPSA) is 39.1 Å². The van der Waals surface area contributed by atoms with Gasteiger partial charge in [0.1, 0.15) is 0 Å². The zero-order valence-corrected chi connectivity index (χ0v) is 11.2. The molecule has 0 aliphatic carbocycles. The Labute approximate surface area is 112 Å². The maximum absolute atomic E-state index is 5.89. The second-order valence-electron chi connectivity index (χ2n) is 3.97. The van der Waals surface area contributed by atoms with Crippen LogP contribution in [-0.4, -0.2) is 29.8 Å². The van der Waals surface area contributed by atoms with E-state index in [9.17, 15) is 0 Å². The van der Waals surface area contributed by atoms with Crippen LogP contribution in [0.4, 0.5) is 5.95 Å². The van der Waals surface area contributed by atoms with Gasteiger partial charge in [0.2, 0.25) is 5.95 Å². The van der Waals surface area contributed by atoms with Gasteiger partial charge in [-0.15, -0.1) is 0 Å². The zero-order chi connectivity index (χ0) is 13.0. The van der Waals surface area contributed by atoms with Gasteiger partial charge in [0, 0.05) is 30.6 Å². The molecule has 1 aromatic carbocycles. The van der Waals surface area contributed by atoms with E-state index in [1.54, 1.807) is 7.11 Å². The minimum atomic E-state index is 0.645. The van der Waals surface area contributed by atoms with Gasteiger partial charge < -0.3 is 10.1 Å². The summed E-state index contributed by atoms with van der Waals surface area (Å²) in [5.74, 6) is 0.812. The molecule has 0 spiro atoms. The van der Waals surface area contributed by atoms with Gasteiger partial charge in [-0.2, -0.15) is 0 Å². The summed E-state index contributed by atoms with van der Waals surface area (Å²) in [7, 11) is 1.68. The maximum Gasteiger partial charge on any atom is 0.207 e. The highest BCUT2D eigenvalue weighted by atomic mass is 35.5. The van der Waals surface area contributed by atoms with E-state index in [0.717, 1.165) is 28.9 Å². The smallest absolute Gasteiger partial charge is 0.207 e. The Balaban J connectivity index is 2.23. The molecule has 1 N–H and O–H groups in total. The molecule has 0 aliphatic rings. The number of ether oxygens (including phenoxy) is 1. The summed E-state index contributed by atoms with van der Waals surface area (Å²) in [6, 6.07) is 7.66. The number of halogens is 1. The van der Waals surface area contributed by atoms with Crippen LogP contribution in [0.15, 0.2) is 30.5 Å². The minimum absolute atomic E-state index is 0.645. The van der Waals surface area contributed by atoms with Crippen molar-refractivity contribution in [1.82, 2.24) is 9.55 Å². The van der Waals surface area contributed by atoms with E-state index in [1.165, 1.54) is 0 Å². The van der Waals surface area contributed by atoms with Gasteiger partial charge in [-0.3, -0.25) is 4.57 Å². The van der Waals surface area contributed by atoms with Crippen molar-refractivity contribution in [3.63, 3.8) is 0 Å². The SMILES string of the molecule is COCCNc1nc(C)cn1-c1ccc(Cl)cc1. The Bertz CT molecular complexity index is 507. The van der Waals surface area contributed by atoms with Crippen LogP contribution in [0.2, 0.25) is 5.02 Å². The van der Waals surface area contributed by atoms with Crippen molar-refractivity contribution in [2.45, 2.75) is 6.92 Å². The van der Waals surface area contributed by atoms with E-state index in [0.29, 0.717) is 6.61 Å². The maximum atomic E-state index is 5.89. The highest BCUT2D eigenvalue weighted by molar-refractivity contribution is 6.30. The van der Waals surface area contributed by atoms with Crippen LogP contribution in [0.5, 0.6) is 0 Å². The molecule has 0 bridgehead atoms. The number of methoxy groups -OCH3 is 1. The van der Waals surface area contributed by atoms with E-state index in [2.05, 4.69) is 10.3 Å². The van der Waals surface area contributed by atoms with Crippen molar-refractivity contribution >= 4 is 17.5 Å². The fraction of sp³-hybridized carbons (Fsp3) is 0.308. The number of rotatable bonds is 5. The first kappa shape index (κ1) is 12.9. The number of nitrogens with zero attached hydrogens (tertiary/aromatic N) is 2. The first-order valence-corrected chi connectivity index (χ1v) is 6.13. The molecular weight excluding hydrogens is 250 g/mol. The van der Waals surface area contributed by atoms with Gasteiger partial charge in [0.15, 0.2) is 0 Å². The number of hydrogen-bond acceptors (Lipinski definition) is 3. The molecule has 0 fully saturated rings. The summed E-state index contributed by atoms with van der Waals surface area (Å²) in [5.41, 5.74) is 1.99. The number of benzene rings is 1. The fourth-order valence-corrected chi connectivity index (χ4v) is 1.81. The molecule has 1 aromatic heterocycles. The first-order valence-electron chi connectivity index (χ1n) is 5.75. The quantitative estimate of drug-likeness (QED) is 0.845. The normalized spacial score (nSPS) is 10.6. The van der Waals surface area contributed by atoms with Gasteiger partial charge in [0.05, 0.1) is 12.3 Å². The molecule has 4 nitrogen and oxygen atoms in total. The van der Waals surface area contributed by atoms with Crippen molar-refractivity contribution in [2.24, 2.45) is 0 Å². The van der Waals surface area contributed by atoms with E-state index in [4.69, 9.17) is 16.3 Å². The number of aromatic nitrogens is 2. The average Bonchev–Trinajstić information content (AvgIpc) is 2.72. The third-order valence-corrected chi connectivity index (χ3v) is 2.77. The minimum Gasteiger partial charge on any atom is -0.383 e. The molecular formula is C13H16ClN3O. The standard InChI is InChI=1S/C13H16ClN3O/c1-10-9-17(12-5-3-11(14)4-6-12)13(16-10)15-7-8-18-2/h3-6,9H,7-8H2,1-2H3,(H,15,16). The zero-order valence-electron chi connectivity index (χ0n) is 10.5. The van der Waals surface area contributed by atoms with E-state index < -0.39 is 0 Å². The molecule has 5 heteroatoms. The lowest BCUT2D eigenvalue weighted by Gasteiger charge is -2.09. The summed E-state index contributed by atoms with van der Waals surface area (Å²) in [4.78, 5) is 4.44. The third-order valence-electron chi connectivity index (χ3n) is 2.52. The third kappa shape index (κ3) is 3.03. The molecule has 0 radical (unpaired) electrons. The fourth-order valence-electron chi connectivity index (χ4n) is 1.69. The largest absolute Gasteiger partial charge is 0.383 e. The Kier molecular flexibility index (Phi) is 4.23. The molecule has 0 amide bonds. The highest BCUT2D eigenvalue weighted by Gasteiger charge is 2.06. The second kappa shape index (κ2) is 5.89. The monoisotopic (exact) mass is 265 g/mol. The lowest BCUT2D eigenvalue weighted by atomic mass is 10.3. The van der Waals surface area contributed by atoms with Crippen molar-refractivity contribution in [2.75, 3.05) is 25.6 Å². The van der Waals surface area contributed by atoms with Crippen LogP contribution in [0.3, 0.4) is 0 Å². The molecule has 18 heavy (non-hydrogen) atoms. The van der Waals surface area contributed by atoms with Crippen molar-refractivity contribution in [3.8, 4) is 5.69 Å². The van der Waals surface area contributed by atoms with Crippen LogP contribution in [-0.2, 0) is 4.74 Å². The number of nitrogens with one attached hydrogen (secondary N) is 1. The van der Waals surface area contributed by atoms with E-state index in [-0.39, 0.29) is 0 Å². The van der Waals surface area contributed by atoms with Crippen LogP contribution in [0.25, 0.3) is 5.69 Å². The molecule has 0 atom stereocenters. The molecule has 96 valence electrons. The Morgan fingerprint density at radius 2 is 2.06 bits per heavy atom. The highest BCUT2D eigenvalue weighted by Crippen LogP contribution is 2.18. The Morgan fingerprint density at radius 1 is 1.33 bits per heavy atom. The summed E-state index contributed by atoms with van der Waals surface area (Å²) in [5, 5.41) is 3.97. The Hall–Kier alpha value is -1.52. The summed E-state index contributed by atoms with van der Waals surface area (Å²) in [6.07, 6.45) is 1.98. The molecule has 2 aromatic rings. The molecule has 1 heterocycles. The molecule has 0 unspecified atom stereocenters. The van der Waals surface area contributed by atoms with Crippen molar-refractivity contribution in [3.05, 3.63) is 41.2 Å². The van der Waals surface area contributed by atoms with Gasteiger partial charge in [-0.05, 0) is 31.2 Å². The lowest BCUT2D eigenvalue weighted by Crippen LogP contribution is -2.11. The predicted molar refractivity (Wildman–Crippen MR) is 73.7 cm³/mol. The van der Waals surface area contributed by atoms with E-state index >= 15 is 0 Å². The van der Waals surface area contributed by atoms with Gasteiger partial charge in [-0.25, -0.2) is 4.98 Å². The van der Waals surface area contributed by atoms with Crippen LogP contribution in [0.1, 0.15) is 5.69 Å². The predicted octanol–water partition coefficient (Wildman–Crippen LogP) is 2.89. The Morgan fingerprint density at radius 3 is 2.72 bits per heavy atom. The van der Waals surface area contributed by atoms with Crippen LogP contribution < -0.4 is 5.32 Å². The van der Waals surface area contributed by atoms with E-state index in [1.807, 2.05) is 42.0 Å². The molecule has 0 saturated heterocycles. The number of hydrogen-bond donors (Lipinski definition) is 1. The molecule has 2 rings (SSSR count). The van der Waals surface area contributed by atoms with Gasteiger partial charge >= 0.3 is 0 Å².